The molecule has 0 aliphatic rings. The van der Waals surface area contributed by atoms with Crippen LogP contribution in [0, 0.1) is 0 Å². The number of alkyl halides is 3. The predicted octanol–water partition coefficient (Wildman–Crippen LogP) is 5.98. The van der Waals surface area contributed by atoms with Crippen LogP contribution in [-0.4, -0.2) is 23.6 Å². The maximum absolute atomic E-state index is 13.4. The number of halogens is 4. The van der Waals surface area contributed by atoms with Gasteiger partial charge in [0.05, 0.1) is 6.61 Å². The Kier molecular flexibility index (Phi) is 7.25. The standard InChI is InChI=1S/C18H21BrF3N3O/c1-3-4-5-6-10-26-17-23-12-15(18(20,21)22)16(24-17)25(2)14-9-7-8-13(19)11-14/h7-9,11-12H,3-6,10H2,1-2H3. The zero-order chi connectivity index (χ0) is 19.2. The highest BCUT2D eigenvalue weighted by molar-refractivity contribution is 9.10. The number of unbranched alkanes of at least 4 members (excludes halogenated alkanes) is 3. The summed E-state index contributed by atoms with van der Waals surface area (Å²) in [6.45, 7) is 2.48. The number of rotatable bonds is 8. The average Bonchev–Trinajstić information content (AvgIpc) is 2.60. The molecule has 1 aromatic carbocycles. The molecule has 0 saturated carbocycles. The molecule has 0 atom stereocenters. The number of ether oxygens (including phenoxy) is 1. The Labute approximate surface area is 159 Å². The summed E-state index contributed by atoms with van der Waals surface area (Å²) in [6.07, 6.45) is 0.219. The van der Waals surface area contributed by atoms with Crippen molar-refractivity contribution in [1.29, 1.82) is 0 Å². The highest BCUT2D eigenvalue weighted by atomic mass is 79.9. The van der Waals surface area contributed by atoms with E-state index in [1.807, 2.05) is 0 Å². The molecular weight excluding hydrogens is 411 g/mol. The van der Waals surface area contributed by atoms with E-state index in [0.29, 0.717) is 12.3 Å². The number of hydrogen-bond donors (Lipinski definition) is 0. The smallest absolute Gasteiger partial charge is 0.421 e. The Morgan fingerprint density at radius 1 is 1.19 bits per heavy atom. The molecule has 1 heterocycles. The van der Waals surface area contributed by atoms with Crippen LogP contribution in [0.25, 0.3) is 0 Å². The molecule has 0 unspecified atom stereocenters. The summed E-state index contributed by atoms with van der Waals surface area (Å²) in [5, 5.41) is 0. The fraction of sp³-hybridized carbons (Fsp3) is 0.444. The third-order valence-corrected chi connectivity index (χ3v) is 4.29. The van der Waals surface area contributed by atoms with Gasteiger partial charge in [-0.1, -0.05) is 48.2 Å². The predicted molar refractivity (Wildman–Crippen MR) is 98.9 cm³/mol. The lowest BCUT2D eigenvalue weighted by atomic mass is 10.2. The van der Waals surface area contributed by atoms with E-state index >= 15 is 0 Å². The molecule has 142 valence electrons. The molecule has 0 aliphatic carbocycles. The second-order valence-corrected chi connectivity index (χ2v) is 6.75. The summed E-state index contributed by atoms with van der Waals surface area (Å²) < 4.78 is 46.3. The second kappa shape index (κ2) is 9.21. The van der Waals surface area contributed by atoms with Crippen molar-refractivity contribution in [2.24, 2.45) is 0 Å². The van der Waals surface area contributed by atoms with Crippen molar-refractivity contribution in [1.82, 2.24) is 9.97 Å². The molecule has 0 amide bonds. The minimum absolute atomic E-state index is 0.0497. The molecule has 0 N–H and O–H groups in total. The van der Waals surface area contributed by atoms with Gasteiger partial charge in [0, 0.05) is 23.4 Å². The fourth-order valence-corrected chi connectivity index (χ4v) is 2.77. The lowest BCUT2D eigenvalue weighted by Gasteiger charge is -2.22. The Morgan fingerprint density at radius 3 is 2.62 bits per heavy atom. The second-order valence-electron chi connectivity index (χ2n) is 5.84. The highest BCUT2D eigenvalue weighted by Gasteiger charge is 2.36. The van der Waals surface area contributed by atoms with Gasteiger partial charge in [-0.2, -0.15) is 18.2 Å². The largest absolute Gasteiger partial charge is 0.463 e. The van der Waals surface area contributed by atoms with Crippen molar-refractivity contribution in [2.45, 2.75) is 38.8 Å². The van der Waals surface area contributed by atoms with Gasteiger partial charge in [0.1, 0.15) is 5.56 Å². The summed E-state index contributed by atoms with van der Waals surface area (Å²) in [6, 6.07) is 6.92. The van der Waals surface area contributed by atoms with Crippen LogP contribution in [0.4, 0.5) is 24.7 Å². The molecule has 1 aromatic heterocycles. The number of hydrogen-bond acceptors (Lipinski definition) is 4. The topological polar surface area (TPSA) is 38.2 Å². The van der Waals surface area contributed by atoms with Gasteiger partial charge in [0.25, 0.3) is 0 Å². The molecule has 26 heavy (non-hydrogen) atoms. The van der Waals surface area contributed by atoms with Crippen LogP contribution in [0.3, 0.4) is 0 Å². The normalized spacial score (nSPS) is 11.5. The van der Waals surface area contributed by atoms with Crippen molar-refractivity contribution in [2.75, 3.05) is 18.6 Å². The Morgan fingerprint density at radius 2 is 1.96 bits per heavy atom. The van der Waals surface area contributed by atoms with E-state index in [1.165, 1.54) is 11.9 Å². The molecule has 0 spiro atoms. The molecule has 0 radical (unpaired) electrons. The third kappa shape index (κ3) is 5.59. The number of benzene rings is 1. The van der Waals surface area contributed by atoms with Crippen molar-refractivity contribution in [3.8, 4) is 6.01 Å². The number of nitrogens with zero attached hydrogens (tertiary/aromatic N) is 3. The zero-order valence-corrected chi connectivity index (χ0v) is 16.3. The van der Waals surface area contributed by atoms with Gasteiger partial charge in [-0.25, -0.2) is 4.98 Å². The van der Waals surface area contributed by atoms with Gasteiger partial charge in [0.2, 0.25) is 0 Å². The summed E-state index contributed by atoms with van der Waals surface area (Å²) in [4.78, 5) is 9.12. The Bertz CT molecular complexity index is 725. The minimum Gasteiger partial charge on any atom is -0.463 e. The van der Waals surface area contributed by atoms with Crippen LogP contribution < -0.4 is 9.64 Å². The van der Waals surface area contributed by atoms with Gasteiger partial charge in [-0.05, 0) is 24.6 Å². The van der Waals surface area contributed by atoms with Crippen LogP contribution in [0.1, 0.15) is 38.2 Å². The fourth-order valence-electron chi connectivity index (χ4n) is 2.38. The average molecular weight is 432 g/mol. The van der Waals surface area contributed by atoms with E-state index in [1.54, 1.807) is 24.3 Å². The van der Waals surface area contributed by atoms with Crippen molar-refractivity contribution < 1.29 is 17.9 Å². The van der Waals surface area contributed by atoms with E-state index in [0.717, 1.165) is 36.4 Å². The SMILES string of the molecule is CCCCCCOc1ncc(C(F)(F)F)c(N(C)c2cccc(Br)c2)n1. The van der Waals surface area contributed by atoms with Crippen LogP contribution in [0.5, 0.6) is 6.01 Å². The van der Waals surface area contributed by atoms with Crippen LogP contribution in [-0.2, 0) is 6.18 Å². The highest BCUT2D eigenvalue weighted by Crippen LogP contribution is 2.38. The first-order valence-electron chi connectivity index (χ1n) is 8.39. The minimum atomic E-state index is -4.56. The number of aromatic nitrogens is 2. The van der Waals surface area contributed by atoms with Gasteiger partial charge in [-0.15, -0.1) is 0 Å². The lowest BCUT2D eigenvalue weighted by molar-refractivity contribution is -0.137. The molecular formula is C18H21BrF3N3O. The number of anilines is 2. The quantitative estimate of drug-likeness (QED) is 0.481. The van der Waals surface area contributed by atoms with Crippen molar-refractivity contribution in [3.63, 3.8) is 0 Å². The van der Waals surface area contributed by atoms with Crippen molar-refractivity contribution >= 4 is 27.4 Å². The van der Waals surface area contributed by atoms with Gasteiger partial charge in [-0.3, -0.25) is 0 Å². The zero-order valence-electron chi connectivity index (χ0n) is 14.7. The summed E-state index contributed by atoms with van der Waals surface area (Å²) in [7, 11) is 1.53. The van der Waals surface area contributed by atoms with Gasteiger partial charge in [0.15, 0.2) is 5.82 Å². The first kappa shape index (κ1) is 20.5. The monoisotopic (exact) mass is 431 g/mol. The van der Waals surface area contributed by atoms with Gasteiger partial charge < -0.3 is 9.64 Å². The van der Waals surface area contributed by atoms with E-state index in [9.17, 15) is 13.2 Å². The van der Waals surface area contributed by atoms with Crippen molar-refractivity contribution in [3.05, 3.63) is 40.5 Å². The molecule has 0 aliphatic heterocycles. The van der Waals surface area contributed by atoms with Crippen LogP contribution in [0.2, 0.25) is 0 Å². The first-order chi connectivity index (χ1) is 12.3. The van der Waals surface area contributed by atoms with E-state index < -0.39 is 11.7 Å². The molecule has 4 nitrogen and oxygen atoms in total. The Balaban J connectivity index is 2.27. The molecule has 0 bridgehead atoms. The first-order valence-corrected chi connectivity index (χ1v) is 9.18. The maximum atomic E-state index is 13.4. The summed E-state index contributed by atoms with van der Waals surface area (Å²) >= 11 is 3.32. The van der Waals surface area contributed by atoms with Gasteiger partial charge >= 0.3 is 12.2 Å². The van der Waals surface area contributed by atoms with Crippen LogP contribution in [0.15, 0.2) is 34.9 Å². The third-order valence-electron chi connectivity index (χ3n) is 3.79. The molecule has 0 saturated heterocycles. The van der Waals surface area contributed by atoms with Crippen LogP contribution >= 0.6 is 15.9 Å². The summed E-state index contributed by atoms with van der Waals surface area (Å²) in [5.41, 5.74) is -0.337. The Hall–Kier alpha value is -1.83. The molecule has 0 fully saturated rings. The maximum Gasteiger partial charge on any atom is 0.421 e. The lowest BCUT2D eigenvalue weighted by Crippen LogP contribution is -2.19. The molecule has 8 heteroatoms. The molecule has 2 aromatic rings. The van der Waals surface area contributed by atoms with E-state index in [4.69, 9.17) is 4.74 Å². The summed E-state index contributed by atoms with van der Waals surface area (Å²) in [5.74, 6) is -0.242. The molecule has 2 rings (SSSR count). The van der Waals surface area contributed by atoms with E-state index in [2.05, 4.69) is 32.8 Å². The van der Waals surface area contributed by atoms with E-state index in [-0.39, 0.29) is 11.8 Å².